The van der Waals surface area contributed by atoms with Crippen LogP contribution in [0.25, 0.3) is 0 Å². The maximum Gasteiger partial charge on any atom is 0.407 e. The van der Waals surface area contributed by atoms with Crippen LogP contribution in [0.3, 0.4) is 0 Å². The first-order valence-electron chi connectivity index (χ1n) is 15.0. The molecule has 1 fully saturated rings. The van der Waals surface area contributed by atoms with E-state index in [9.17, 15) is 18.8 Å². The Morgan fingerprint density at radius 2 is 1.26 bits per heavy atom. The van der Waals surface area contributed by atoms with Gasteiger partial charge in [-0.05, 0) is 12.8 Å². The minimum absolute atomic E-state index is 0.0906. The summed E-state index contributed by atoms with van der Waals surface area (Å²) in [5, 5.41) is 2.72. The summed E-state index contributed by atoms with van der Waals surface area (Å²) in [6.45, 7) is 5.13. The number of nitrogens with zero attached hydrogens (tertiary/aromatic N) is 1. The lowest BCUT2D eigenvalue weighted by Crippen LogP contribution is -2.59. The summed E-state index contributed by atoms with van der Waals surface area (Å²) in [5.74, 6) is -0.713. The topological polar surface area (TPSA) is 94.2 Å². The van der Waals surface area contributed by atoms with Gasteiger partial charge >= 0.3 is 18.0 Å². The summed E-state index contributed by atoms with van der Waals surface area (Å²) >= 11 is 0. The first-order chi connectivity index (χ1) is 18.5. The molecular formula is C29H53FN2O6. The predicted molar refractivity (Wildman–Crippen MR) is 147 cm³/mol. The smallest absolute Gasteiger partial charge is 0.407 e. The second-order valence-corrected chi connectivity index (χ2v) is 10.4. The molecule has 0 radical (unpaired) electrons. The number of alkyl halides is 1. The van der Waals surface area contributed by atoms with Crippen LogP contribution < -0.4 is 5.32 Å². The third kappa shape index (κ3) is 18.4. The van der Waals surface area contributed by atoms with E-state index in [0.717, 1.165) is 38.5 Å². The van der Waals surface area contributed by atoms with E-state index in [1.165, 1.54) is 51.4 Å². The van der Waals surface area contributed by atoms with Crippen LogP contribution in [0.5, 0.6) is 0 Å². The second kappa shape index (κ2) is 23.0. The number of alkyl carbamates (subject to hydrolysis) is 1. The number of halogens is 1. The number of likely N-dealkylation sites (tertiary alicyclic amines) is 1. The highest BCUT2D eigenvalue weighted by molar-refractivity contribution is 5.70. The number of carbonyl (C=O) groups excluding carboxylic acids is 3. The van der Waals surface area contributed by atoms with Crippen LogP contribution in [0.15, 0.2) is 0 Å². The molecule has 1 rings (SSSR count). The largest absolute Gasteiger partial charge is 0.462 e. The molecule has 0 aromatic carbocycles. The van der Waals surface area contributed by atoms with Crippen molar-refractivity contribution in [2.75, 3.05) is 39.5 Å². The minimum atomic E-state index is -0.847. The van der Waals surface area contributed by atoms with E-state index in [4.69, 9.17) is 14.2 Å². The number of amides is 1. The van der Waals surface area contributed by atoms with E-state index in [-0.39, 0.29) is 37.6 Å². The maximum atomic E-state index is 12.4. The summed E-state index contributed by atoms with van der Waals surface area (Å²) in [6.07, 6.45) is 14.5. The number of hydrogen-bond acceptors (Lipinski definition) is 7. The molecule has 0 saturated carbocycles. The molecule has 1 saturated heterocycles. The number of rotatable bonds is 24. The summed E-state index contributed by atoms with van der Waals surface area (Å²) in [4.78, 5) is 38.6. The predicted octanol–water partition coefficient (Wildman–Crippen LogP) is 6.10. The summed E-state index contributed by atoms with van der Waals surface area (Å²) in [5.41, 5.74) is 0. The quantitative estimate of drug-likeness (QED) is 0.0891. The van der Waals surface area contributed by atoms with Crippen molar-refractivity contribution in [2.45, 2.75) is 129 Å². The Bertz CT molecular complexity index is 630. The van der Waals surface area contributed by atoms with Crippen LogP contribution in [-0.2, 0) is 23.8 Å². The monoisotopic (exact) mass is 544 g/mol. The normalized spacial score (nSPS) is 14.5. The molecule has 222 valence electrons. The third-order valence-corrected chi connectivity index (χ3v) is 6.78. The van der Waals surface area contributed by atoms with Crippen molar-refractivity contribution in [3.05, 3.63) is 0 Å². The van der Waals surface area contributed by atoms with Crippen LogP contribution in [-0.4, -0.2) is 74.6 Å². The van der Waals surface area contributed by atoms with Crippen molar-refractivity contribution in [1.29, 1.82) is 0 Å². The van der Waals surface area contributed by atoms with Crippen LogP contribution in [0.4, 0.5) is 9.18 Å². The van der Waals surface area contributed by atoms with E-state index in [0.29, 0.717) is 26.1 Å². The Morgan fingerprint density at radius 1 is 0.763 bits per heavy atom. The van der Waals surface area contributed by atoms with Crippen molar-refractivity contribution < 1.29 is 33.0 Å². The van der Waals surface area contributed by atoms with Gasteiger partial charge in [0.2, 0.25) is 0 Å². The lowest BCUT2D eigenvalue weighted by molar-refractivity contribution is -0.161. The number of ether oxygens (including phenoxy) is 3. The number of unbranched alkanes of at least 4 members (excludes halogenated alkanes) is 12. The fraction of sp³-hybridized carbons (Fsp3) is 0.897. The van der Waals surface area contributed by atoms with E-state index < -0.39 is 18.9 Å². The molecule has 8 nitrogen and oxygen atoms in total. The molecule has 38 heavy (non-hydrogen) atoms. The molecule has 1 atom stereocenters. The zero-order chi connectivity index (χ0) is 27.8. The third-order valence-electron chi connectivity index (χ3n) is 6.78. The summed E-state index contributed by atoms with van der Waals surface area (Å²) in [6, 6.07) is -0.0906. The standard InChI is InChI=1S/C29H53FN2O6/c1-3-5-7-9-11-13-15-17-27(33)36-23-26(38-28(34)18-16-14-12-10-8-6-4-2)24-37-29(35)31-25-21-32(22-25)20-19-30/h25-26H,3-24H2,1-2H3,(H,31,35). The molecule has 1 aliphatic rings. The van der Waals surface area contributed by atoms with Gasteiger partial charge < -0.3 is 19.5 Å². The van der Waals surface area contributed by atoms with Gasteiger partial charge in [-0.2, -0.15) is 0 Å². The highest BCUT2D eigenvalue weighted by atomic mass is 19.1. The Labute approximate surface area is 229 Å². The van der Waals surface area contributed by atoms with Gasteiger partial charge in [0.25, 0.3) is 0 Å². The average molecular weight is 545 g/mol. The van der Waals surface area contributed by atoms with E-state index in [2.05, 4.69) is 19.2 Å². The zero-order valence-electron chi connectivity index (χ0n) is 24.0. The minimum Gasteiger partial charge on any atom is -0.462 e. The Kier molecular flexibility index (Phi) is 20.7. The molecule has 1 unspecified atom stereocenters. The van der Waals surface area contributed by atoms with Gasteiger partial charge in [-0.1, -0.05) is 90.9 Å². The van der Waals surface area contributed by atoms with Gasteiger partial charge in [0, 0.05) is 32.5 Å². The van der Waals surface area contributed by atoms with Crippen molar-refractivity contribution in [2.24, 2.45) is 0 Å². The van der Waals surface area contributed by atoms with Crippen molar-refractivity contribution >= 4 is 18.0 Å². The van der Waals surface area contributed by atoms with Crippen molar-refractivity contribution in [3.8, 4) is 0 Å². The number of carbonyl (C=O) groups is 3. The van der Waals surface area contributed by atoms with Gasteiger partial charge in [-0.15, -0.1) is 0 Å². The van der Waals surface area contributed by atoms with Gasteiger partial charge in [0.05, 0.1) is 6.04 Å². The first kappa shape index (κ1) is 34.1. The van der Waals surface area contributed by atoms with Gasteiger partial charge in [-0.3, -0.25) is 14.5 Å². The van der Waals surface area contributed by atoms with Crippen LogP contribution in [0.1, 0.15) is 117 Å². The molecule has 0 aromatic rings. The van der Waals surface area contributed by atoms with Crippen molar-refractivity contribution in [3.63, 3.8) is 0 Å². The maximum absolute atomic E-state index is 12.4. The van der Waals surface area contributed by atoms with Gasteiger partial charge in [-0.25, -0.2) is 9.18 Å². The lowest BCUT2D eigenvalue weighted by atomic mass is 10.1. The highest BCUT2D eigenvalue weighted by Crippen LogP contribution is 2.12. The fourth-order valence-electron chi connectivity index (χ4n) is 4.41. The number of esters is 2. The number of hydrogen-bond donors (Lipinski definition) is 1. The van der Waals surface area contributed by atoms with E-state index >= 15 is 0 Å². The van der Waals surface area contributed by atoms with Crippen LogP contribution in [0, 0.1) is 0 Å². The van der Waals surface area contributed by atoms with E-state index in [1.54, 1.807) is 0 Å². The molecule has 0 spiro atoms. The Hall–Kier alpha value is -1.90. The molecule has 1 amide bonds. The molecule has 9 heteroatoms. The summed E-state index contributed by atoms with van der Waals surface area (Å²) in [7, 11) is 0. The zero-order valence-corrected chi connectivity index (χ0v) is 24.0. The van der Waals surface area contributed by atoms with Crippen molar-refractivity contribution in [1.82, 2.24) is 10.2 Å². The SMILES string of the molecule is CCCCCCCCCC(=O)OCC(COC(=O)NC1CN(CCF)C1)OC(=O)CCCCCCCCC. The van der Waals surface area contributed by atoms with Crippen LogP contribution in [0.2, 0.25) is 0 Å². The molecule has 1 aliphatic heterocycles. The lowest BCUT2D eigenvalue weighted by Gasteiger charge is -2.38. The molecule has 1 N–H and O–H groups in total. The van der Waals surface area contributed by atoms with Crippen LogP contribution >= 0.6 is 0 Å². The average Bonchev–Trinajstić information content (AvgIpc) is 2.88. The first-order valence-corrected chi connectivity index (χ1v) is 15.0. The molecule has 1 heterocycles. The van der Waals surface area contributed by atoms with Gasteiger partial charge in [0.15, 0.2) is 6.10 Å². The Morgan fingerprint density at radius 3 is 1.82 bits per heavy atom. The number of nitrogens with one attached hydrogen (secondary N) is 1. The molecule has 0 aliphatic carbocycles. The Balaban J connectivity index is 2.35. The highest BCUT2D eigenvalue weighted by Gasteiger charge is 2.28. The fourth-order valence-corrected chi connectivity index (χ4v) is 4.41. The molecular weight excluding hydrogens is 491 g/mol. The second-order valence-electron chi connectivity index (χ2n) is 10.4. The molecule has 0 aromatic heterocycles. The van der Waals surface area contributed by atoms with E-state index in [1.807, 2.05) is 4.90 Å². The summed E-state index contributed by atoms with van der Waals surface area (Å²) < 4.78 is 28.5. The molecule has 0 bridgehead atoms. The van der Waals surface area contributed by atoms with Gasteiger partial charge in [0.1, 0.15) is 19.9 Å².